The van der Waals surface area contributed by atoms with Crippen LogP contribution in [0.15, 0.2) is 9.98 Å². The first-order valence-electron chi connectivity index (χ1n) is 37.8. The van der Waals surface area contributed by atoms with Crippen molar-refractivity contribution in [1.29, 1.82) is 0 Å². The summed E-state index contributed by atoms with van der Waals surface area (Å²) in [4.78, 5) is 284. The first-order valence-corrected chi connectivity index (χ1v) is 37.8. The van der Waals surface area contributed by atoms with Gasteiger partial charge in [0.1, 0.15) is 78.5 Å². The normalized spacial score (nSPS) is 14.9. The zero-order chi connectivity index (χ0) is 90.5. The van der Waals surface area contributed by atoms with E-state index in [1.165, 1.54) is 27.7 Å². The number of nitrogens with two attached hydrogens (primary N) is 8. The number of nitrogens with one attached hydrogen (secondary N) is 15. The molecule has 18 amide bonds. The third-order valence-electron chi connectivity index (χ3n) is 18.0. The van der Waals surface area contributed by atoms with Crippen molar-refractivity contribution in [3.05, 3.63) is 0 Å². The quantitative estimate of drug-likeness (QED) is 0.0153. The van der Waals surface area contributed by atoms with Gasteiger partial charge in [-0.3, -0.25) is 106 Å². The summed E-state index contributed by atoms with van der Waals surface area (Å²) in [6.07, 6.45) is -4.71. The van der Waals surface area contributed by atoms with E-state index in [-0.39, 0.29) is 82.8 Å². The molecule has 0 heterocycles. The van der Waals surface area contributed by atoms with Gasteiger partial charge in [-0.2, -0.15) is 0 Å². The second-order valence-corrected chi connectivity index (χ2v) is 28.2. The first-order chi connectivity index (χ1) is 55.0. The van der Waals surface area contributed by atoms with Gasteiger partial charge in [0, 0.05) is 25.9 Å². The van der Waals surface area contributed by atoms with Crippen LogP contribution in [0.3, 0.4) is 0 Å². The second kappa shape index (κ2) is 54.3. The number of rotatable bonds is 58. The molecule has 49 heteroatoms. The van der Waals surface area contributed by atoms with Crippen LogP contribution >= 0.6 is 0 Å². The summed E-state index contributed by atoms with van der Waals surface area (Å²) in [5.74, 6) is -27.3. The zero-order valence-corrected chi connectivity index (χ0v) is 67.7. The number of guanidine groups is 2. The van der Waals surface area contributed by atoms with Gasteiger partial charge < -0.3 is 141 Å². The molecule has 0 aromatic heterocycles. The molecule has 0 aliphatic rings. The molecule has 16 atom stereocenters. The lowest BCUT2D eigenvalue weighted by atomic mass is 9.94. The third-order valence-corrected chi connectivity index (χ3v) is 18.0. The average Bonchev–Trinajstić information content (AvgIpc) is 0.851. The van der Waals surface area contributed by atoms with Crippen LogP contribution in [0, 0.1) is 23.7 Å². The number of nitrogens with zero attached hydrogens (tertiary/aromatic N) is 2. The number of aliphatic carboxylic acids is 3. The smallest absolute Gasteiger partial charge is 0.326 e. The van der Waals surface area contributed by atoms with Gasteiger partial charge in [-0.1, -0.05) is 74.7 Å². The lowest BCUT2D eigenvalue weighted by molar-refractivity contribution is -0.143. The van der Waals surface area contributed by atoms with Crippen molar-refractivity contribution < 1.29 is 116 Å². The van der Waals surface area contributed by atoms with E-state index in [2.05, 4.69) is 84.4 Å². The Morgan fingerprint density at radius 3 is 1.03 bits per heavy atom. The lowest BCUT2D eigenvalue weighted by Crippen LogP contribution is -2.61. The van der Waals surface area contributed by atoms with Crippen molar-refractivity contribution in [1.82, 2.24) is 79.8 Å². The number of carbonyl (C=O) groups excluding carboxylic acids is 18. The topological polar surface area (TPSA) is 832 Å². The summed E-state index contributed by atoms with van der Waals surface area (Å²) in [6.45, 7) is 12.4. The van der Waals surface area contributed by atoms with Crippen molar-refractivity contribution in [3.63, 3.8) is 0 Å². The maximum Gasteiger partial charge on any atom is 0.326 e. The molecule has 0 bridgehead atoms. The summed E-state index contributed by atoms with van der Waals surface area (Å²) in [5, 5.41) is 64.2. The van der Waals surface area contributed by atoms with Gasteiger partial charge in [0.25, 0.3) is 0 Å². The molecule has 0 radical (unpaired) electrons. The van der Waals surface area contributed by atoms with E-state index in [0.29, 0.717) is 0 Å². The highest BCUT2D eigenvalue weighted by Crippen LogP contribution is 2.16. The summed E-state index contributed by atoms with van der Waals surface area (Å²) < 4.78 is 0. The van der Waals surface area contributed by atoms with E-state index in [9.17, 15) is 116 Å². The maximum absolute atomic E-state index is 14.2. The summed E-state index contributed by atoms with van der Waals surface area (Å²) in [7, 11) is 0. The SMILES string of the molecule is CC[C@H](C)[C@H](NC(=O)[C@H](C)NC(=O)[C@H](C)NC(=O)[C@H](CCC(N)=O)NC(=O)[C@H](CCCN=C(N)N)NC(=O)CNC(=O)[C@@H](NC(=O)[C@H](CCC(N)=O)NC(=O)CN)C(C)C)C(=O)N[C@H](C(=O)NCC(=O)N[C@@H](CC(=O)O)C(=O)N[C@@H](CC(=O)O)C(=O)N[C@H](C(=O)N[C@@H](CC(N)=O)C(=O)N[C@@H](CCCN=C(N)N)C(=O)O)[C@@H](C)CC)[C@@H](C)CC. The molecule has 0 rings (SSSR count). The highest BCUT2D eigenvalue weighted by molar-refractivity contribution is 6.02. The maximum atomic E-state index is 14.2. The minimum atomic E-state index is -2.13. The minimum absolute atomic E-state index is 0.0277. The lowest BCUT2D eigenvalue weighted by Gasteiger charge is -2.29. The number of carboxylic acids is 3. The fourth-order valence-corrected chi connectivity index (χ4v) is 10.7. The van der Waals surface area contributed by atoms with Crippen molar-refractivity contribution in [2.24, 2.45) is 79.5 Å². The molecule has 118 heavy (non-hydrogen) atoms. The molecule has 0 aliphatic heterocycles. The highest BCUT2D eigenvalue weighted by atomic mass is 16.4. The predicted octanol–water partition coefficient (Wildman–Crippen LogP) is -11.1. The van der Waals surface area contributed by atoms with E-state index >= 15 is 0 Å². The fraction of sp³-hybridized carbons (Fsp3) is 0.667. The van der Waals surface area contributed by atoms with Crippen LogP contribution in [-0.2, 0) is 101 Å². The van der Waals surface area contributed by atoms with Crippen molar-refractivity contribution in [2.75, 3.05) is 32.7 Å². The molecule has 49 nitrogen and oxygen atoms in total. The largest absolute Gasteiger partial charge is 0.481 e. The number of carboxylic acid groups (broad SMARTS) is 3. The number of primary amides is 3. The van der Waals surface area contributed by atoms with Crippen molar-refractivity contribution >= 4 is 136 Å². The Kier molecular flexibility index (Phi) is 48.4. The monoisotopic (exact) mass is 1680 g/mol. The van der Waals surface area contributed by atoms with Crippen LogP contribution < -0.4 is 126 Å². The van der Waals surface area contributed by atoms with Gasteiger partial charge in [0.15, 0.2) is 11.9 Å². The first kappa shape index (κ1) is 105. The third kappa shape index (κ3) is 41.6. The Bertz CT molecular complexity index is 3610. The van der Waals surface area contributed by atoms with Crippen molar-refractivity contribution in [2.45, 2.75) is 238 Å². The Morgan fingerprint density at radius 1 is 0.314 bits per heavy atom. The Balaban J connectivity index is 6.55. The fourth-order valence-electron chi connectivity index (χ4n) is 10.7. The number of aliphatic imine (C=N–C) groups is 2. The number of hydrogen-bond donors (Lipinski definition) is 26. The number of hydrogen-bond acceptors (Lipinski definition) is 24. The second-order valence-electron chi connectivity index (χ2n) is 28.2. The molecule has 0 saturated heterocycles. The van der Waals surface area contributed by atoms with E-state index in [4.69, 9.17) is 45.9 Å². The van der Waals surface area contributed by atoms with Crippen LogP contribution in [0.4, 0.5) is 0 Å². The van der Waals surface area contributed by atoms with Crippen LogP contribution in [0.25, 0.3) is 0 Å². The van der Waals surface area contributed by atoms with Crippen LogP contribution in [-0.4, -0.2) is 263 Å². The van der Waals surface area contributed by atoms with Crippen LogP contribution in [0.2, 0.25) is 0 Å². The molecule has 664 valence electrons. The van der Waals surface area contributed by atoms with Gasteiger partial charge >= 0.3 is 17.9 Å². The van der Waals surface area contributed by atoms with E-state index in [1.54, 1.807) is 41.5 Å². The van der Waals surface area contributed by atoms with Crippen molar-refractivity contribution in [3.8, 4) is 0 Å². The van der Waals surface area contributed by atoms with Gasteiger partial charge in [-0.05, 0) is 76.0 Å². The highest BCUT2D eigenvalue weighted by Gasteiger charge is 2.39. The van der Waals surface area contributed by atoms with E-state index < -0.39 is 278 Å². The van der Waals surface area contributed by atoms with Crippen LogP contribution in [0.1, 0.15) is 159 Å². The Morgan fingerprint density at radius 2 is 0.610 bits per heavy atom. The predicted molar refractivity (Wildman–Crippen MR) is 417 cm³/mol. The molecular formula is C69H119N25O24. The number of amides is 18. The molecular weight excluding hydrogens is 1560 g/mol. The summed E-state index contributed by atoms with van der Waals surface area (Å²) in [6, 6.07) is -21.1. The molecule has 0 saturated carbocycles. The minimum Gasteiger partial charge on any atom is -0.481 e. The summed E-state index contributed by atoms with van der Waals surface area (Å²) in [5.41, 5.74) is 42.8. The Labute approximate surface area is 679 Å². The summed E-state index contributed by atoms with van der Waals surface area (Å²) >= 11 is 0. The molecule has 0 fully saturated rings. The molecule has 0 aromatic carbocycles. The van der Waals surface area contributed by atoms with Gasteiger partial charge in [-0.15, -0.1) is 0 Å². The molecule has 0 spiro atoms. The van der Waals surface area contributed by atoms with Gasteiger partial charge in [-0.25, -0.2) is 4.79 Å². The molecule has 34 N–H and O–H groups in total. The number of carbonyl (C=O) groups is 21. The molecule has 0 unspecified atom stereocenters. The van der Waals surface area contributed by atoms with E-state index in [1.807, 2.05) is 5.32 Å². The van der Waals surface area contributed by atoms with Crippen LogP contribution in [0.5, 0.6) is 0 Å². The van der Waals surface area contributed by atoms with Gasteiger partial charge in [0.2, 0.25) is 106 Å². The standard InChI is InChI=1S/C69H119N25O24/c1-11-31(6)52(64(114)81-29-48(100)86-41(25-49(101)102)61(111)89-42(26-50(103)104)62(112)93-53(32(7)12-2)65(115)90-40(24-45(73)97)60(110)88-39(67(117)118)17-15-23-79-69(76)77)94-66(116)54(33(8)13-3)92-56(106)35(10)82-55(105)34(9)83-57(107)38(19-21-44(72)96)87-58(108)36(16-14-22-78-68(74)75)85-47(99)28-80-63(113)51(30(4)5)91-59(109)37(18-20-43(71)95)84-46(98)27-70/h30-42,51-54H,11-29,70H2,1-10H3,(H2,71,95)(H2,72,96)(H2,73,97)(H,80,113)(H,81,114)(H,82,105)(H,83,107)(H,84,98)(H,85,99)(H,86,100)(H,87,108)(H,88,110)(H,89,111)(H,90,115)(H,91,109)(H,92,106)(H,93,112)(H,94,116)(H,101,102)(H,103,104)(H,117,118)(H4,74,75,78)(H4,76,77,79)/t31-,32-,33-,34-,35-,36-,37-,38-,39-,40-,41-,42-,51-,52-,53-,54-/m0/s1. The zero-order valence-electron chi connectivity index (χ0n) is 67.7. The van der Waals surface area contributed by atoms with E-state index in [0.717, 1.165) is 0 Å². The average molecular weight is 1680 g/mol. The Hall–Kier alpha value is -12.6. The molecule has 0 aliphatic carbocycles. The van der Waals surface area contributed by atoms with Gasteiger partial charge in [0.05, 0.1) is 38.9 Å². The molecule has 0 aromatic rings.